The molecule has 6 nitrogen and oxygen atoms in total. The standard InChI is InChI=1S/C20H21F3N4O2/c21-20(22,23)16-7-4-8-17(13-16)27-11-9-26(10-12-27)14-18(28)24-25-19(29)15-5-2-1-3-6-15/h1-8,13H,9-12,14H2,(H,24,28)(H,25,29). The lowest BCUT2D eigenvalue weighted by atomic mass is 10.1. The summed E-state index contributed by atoms with van der Waals surface area (Å²) in [7, 11) is 0. The van der Waals surface area contributed by atoms with Gasteiger partial charge in [0.15, 0.2) is 0 Å². The molecule has 0 radical (unpaired) electrons. The van der Waals surface area contributed by atoms with Crippen LogP contribution in [0.3, 0.4) is 0 Å². The Hall–Kier alpha value is -3.07. The van der Waals surface area contributed by atoms with Gasteiger partial charge >= 0.3 is 6.18 Å². The Morgan fingerprint density at radius 3 is 2.24 bits per heavy atom. The highest BCUT2D eigenvalue weighted by molar-refractivity contribution is 5.95. The molecule has 29 heavy (non-hydrogen) atoms. The molecule has 3 rings (SSSR count). The fraction of sp³-hybridized carbons (Fsp3) is 0.300. The lowest BCUT2D eigenvalue weighted by molar-refractivity contribution is -0.137. The lowest BCUT2D eigenvalue weighted by Gasteiger charge is -2.35. The van der Waals surface area contributed by atoms with Crippen molar-refractivity contribution in [1.82, 2.24) is 15.8 Å². The molecule has 0 aliphatic carbocycles. The number of hydrazine groups is 1. The Morgan fingerprint density at radius 1 is 0.897 bits per heavy atom. The second-order valence-corrected chi connectivity index (χ2v) is 6.68. The van der Waals surface area contributed by atoms with E-state index in [0.29, 0.717) is 37.4 Å². The smallest absolute Gasteiger partial charge is 0.369 e. The Kier molecular flexibility index (Phi) is 6.38. The quantitative estimate of drug-likeness (QED) is 0.765. The summed E-state index contributed by atoms with van der Waals surface area (Å²) in [5, 5.41) is 0. The largest absolute Gasteiger partial charge is 0.416 e. The molecular formula is C20H21F3N4O2. The average Bonchev–Trinajstić information content (AvgIpc) is 2.73. The number of halogens is 3. The fourth-order valence-corrected chi connectivity index (χ4v) is 3.07. The maximum atomic E-state index is 12.9. The molecule has 1 saturated heterocycles. The summed E-state index contributed by atoms with van der Waals surface area (Å²) in [6.45, 7) is 2.15. The van der Waals surface area contributed by atoms with Crippen LogP contribution in [0.5, 0.6) is 0 Å². The van der Waals surface area contributed by atoms with Gasteiger partial charge in [0.2, 0.25) is 0 Å². The first-order valence-electron chi connectivity index (χ1n) is 9.12. The molecule has 1 fully saturated rings. The first kappa shape index (κ1) is 20.7. The van der Waals surface area contributed by atoms with E-state index in [4.69, 9.17) is 0 Å². The summed E-state index contributed by atoms with van der Waals surface area (Å²) in [6, 6.07) is 13.7. The number of nitrogens with one attached hydrogen (secondary N) is 2. The van der Waals surface area contributed by atoms with Crippen LogP contribution in [0.4, 0.5) is 18.9 Å². The fourth-order valence-electron chi connectivity index (χ4n) is 3.07. The molecule has 1 aliphatic heterocycles. The van der Waals surface area contributed by atoms with Gasteiger partial charge in [0.05, 0.1) is 12.1 Å². The Labute approximate surface area is 166 Å². The number of alkyl halides is 3. The molecule has 2 aromatic carbocycles. The number of hydrogen-bond acceptors (Lipinski definition) is 4. The van der Waals surface area contributed by atoms with Crippen LogP contribution >= 0.6 is 0 Å². The van der Waals surface area contributed by atoms with Crippen molar-refractivity contribution >= 4 is 17.5 Å². The van der Waals surface area contributed by atoms with Crippen LogP contribution in [0.25, 0.3) is 0 Å². The maximum Gasteiger partial charge on any atom is 0.416 e. The number of nitrogens with zero attached hydrogens (tertiary/aromatic N) is 2. The summed E-state index contributed by atoms with van der Waals surface area (Å²) in [5.41, 5.74) is 5.01. The molecule has 2 N–H and O–H groups in total. The Bertz CT molecular complexity index is 850. The van der Waals surface area contributed by atoms with Gasteiger partial charge in [0, 0.05) is 37.4 Å². The third-order valence-electron chi connectivity index (χ3n) is 4.63. The summed E-state index contributed by atoms with van der Waals surface area (Å²) in [5.74, 6) is -0.768. The van der Waals surface area contributed by atoms with E-state index in [2.05, 4.69) is 10.9 Å². The molecule has 0 bridgehead atoms. The minimum atomic E-state index is -4.37. The number of benzene rings is 2. The molecular weight excluding hydrogens is 385 g/mol. The third-order valence-corrected chi connectivity index (χ3v) is 4.63. The van der Waals surface area contributed by atoms with Crippen molar-refractivity contribution in [3.63, 3.8) is 0 Å². The van der Waals surface area contributed by atoms with Crippen molar-refractivity contribution in [2.75, 3.05) is 37.6 Å². The lowest BCUT2D eigenvalue weighted by Crippen LogP contribution is -2.52. The van der Waals surface area contributed by atoms with Crippen LogP contribution in [0, 0.1) is 0 Å². The summed E-state index contributed by atoms with van der Waals surface area (Å²) < 4.78 is 38.6. The van der Waals surface area contributed by atoms with Gasteiger partial charge in [0.1, 0.15) is 0 Å². The molecule has 2 amide bonds. The van der Waals surface area contributed by atoms with E-state index in [1.165, 1.54) is 6.07 Å². The normalized spacial score (nSPS) is 15.1. The Morgan fingerprint density at radius 2 is 1.59 bits per heavy atom. The maximum absolute atomic E-state index is 12.9. The van der Waals surface area contributed by atoms with E-state index in [1.54, 1.807) is 36.4 Å². The van der Waals surface area contributed by atoms with Gasteiger partial charge in [-0.2, -0.15) is 13.2 Å². The van der Waals surface area contributed by atoms with Crippen molar-refractivity contribution in [2.45, 2.75) is 6.18 Å². The summed E-state index contributed by atoms with van der Waals surface area (Å²) in [6.07, 6.45) is -4.37. The Balaban J connectivity index is 1.45. The van der Waals surface area contributed by atoms with E-state index in [0.717, 1.165) is 12.1 Å². The zero-order chi connectivity index (χ0) is 20.9. The summed E-state index contributed by atoms with van der Waals surface area (Å²) >= 11 is 0. The predicted octanol–water partition coefficient (Wildman–Crippen LogP) is 2.29. The molecule has 0 spiro atoms. The van der Waals surface area contributed by atoms with Gasteiger partial charge in [-0.15, -0.1) is 0 Å². The van der Waals surface area contributed by atoms with Crippen molar-refractivity contribution in [3.8, 4) is 0 Å². The molecule has 0 aromatic heterocycles. The number of carbonyl (C=O) groups excluding carboxylic acids is 2. The topological polar surface area (TPSA) is 64.7 Å². The predicted molar refractivity (Wildman–Crippen MR) is 102 cm³/mol. The molecule has 0 unspecified atom stereocenters. The van der Waals surface area contributed by atoms with Crippen LogP contribution in [-0.4, -0.2) is 49.4 Å². The minimum absolute atomic E-state index is 0.0888. The van der Waals surface area contributed by atoms with Crippen molar-refractivity contribution in [3.05, 3.63) is 65.7 Å². The average molecular weight is 406 g/mol. The molecule has 154 valence electrons. The van der Waals surface area contributed by atoms with E-state index in [9.17, 15) is 22.8 Å². The number of piperazine rings is 1. The zero-order valence-electron chi connectivity index (χ0n) is 15.6. The summed E-state index contributed by atoms with van der Waals surface area (Å²) in [4.78, 5) is 27.7. The second kappa shape index (κ2) is 8.95. The van der Waals surface area contributed by atoms with Gasteiger partial charge in [-0.1, -0.05) is 24.3 Å². The second-order valence-electron chi connectivity index (χ2n) is 6.68. The minimum Gasteiger partial charge on any atom is -0.369 e. The molecule has 0 saturated carbocycles. The number of amides is 2. The van der Waals surface area contributed by atoms with Crippen LogP contribution in [0.2, 0.25) is 0 Å². The van der Waals surface area contributed by atoms with E-state index in [1.807, 2.05) is 9.80 Å². The van der Waals surface area contributed by atoms with Gasteiger partial charge in [0.25, 0.3) is 11.8 Å². The van der Waals surface area contributed by atoms with Crippen molar-refractivity contribution in [1.29, 1.82) is 0 Å². The highest BCUT2D eigenvalue weighted by Crippen LogP contribution is 2.31. The number of carbonyl (C=O) groups is 2. The van der Waals surface area contributed by atoms with Gasteiger partial charge < -0.3 is 4.90 Å². The number of hydrogen-bond donors (Lipinski definition) is 2. The first-order valence-corrected chi connectivity index (χ1v) is 9.12. The third kappa shape index (κ3) is 5.71. The SMILES string of the molecule is O=C(CN1CCN(c2cccc(C(F)(F)F)c2)CC1)NNC(=O)c1ccccc1. The number of anilines is 1. The van der Waals surface area contributed by atoms with Crippen LogP contribution in [0.1, 0.15) is 15.9 Å². The zero-order valence-corrected chi connectivity index (χ0v) is 15.6. The highest BCUT2D eigenvalue weighted by atomic mass is 19.4. The van der Waals surface area contributed by atoms with Crippen molar-refractivity contribution < 1.29 is 22.8 Å². The van der Waals surface area contributed by atoms with Gasteiger partial charge in [-0.05, 0) is 30.3 Å². The molecule has 1 heterocycles. The van der Waals surface area contributed by atoms with Gasteiger partial charge in [-0.3, -0.25) is 25.3 Å². The van der Waals surface area contributed by atoms with Crippen LogP contribution in [-0.2, 0) is 11.0 Å². The molecule has 9 heteroatoms. The first-order chi connectivity index (χ1) is 13.8. The van der Waals surface area contributed by atoms with Crippen molar-refractivity contribution in [2.24, 2.45) is 0 Å². The molecule has 1 aliphatic rings. The monoisotopic (exact) mass is 406 g/mol. The van der Waals surface area contributed by atoms with Gasteiger partial charge in [-0.25, -0.2) is 0 Å². The number of rotatable bonds is 4. The molecule has 2 aromatic rings. The van der Waals surface area contributed by atoms with Crippen LogP contribution < -0.4 is 15.8 Å². The van der Waals surface area contributed by atoms with E-state index < -0.39 is 17.6 Å². The van der Waals surface area contributed by atoms with E-state index in [-0.39, 0.29) is 12.5 Å². The molecule has 0 atom stereocenters. The van der Waals surface area contributed by atoms with E-state index >= 15 is 0 Å². The highest BCUT2D eigenvalue weighted by Gasteiger charge is 2.31. The van der Waals surface area contributed by atoms with Crippen LogP contribution in [0.15, 0.2) is 54.6 Å².